The number of nitrogens with two attached hydrogens (primary N) is 1. The third-order valence-electron chi connectivity index (χ3n) is 3.47. The second kappa shape index (κ2) is 3.91. The molecule has 0 bridgehead atoms. The monoisotopic (exact) mass is 227 g/mol. The van der Waals surface area contributed by atoms with E-state index in [1.54, 1.807) is 0 Å². The van der Waals surface area contributed by atoms with Gasteiger partial charge in [0.1, 0.15) is 5.82 Å². The van der Waals surface area contributed by atoms with E-state index < -0.39 is 0 Å². The maximum atomic E-state index is 6.13. The average Bonchev–Trinajstić information content (AvgIpc) is 2.87. The molecular formula is C14H17N3. The molecule has 0 spiro atoms. The van der Waals surface area contributed by atoms with E-state index in [9.17, 15) is 0 Å². The Morgan fingerprint density at radius 2 is 2.00 bits per heavy atom. The Kier molecular flexibility index (Phi) is 2.39. The van der Waals surface area contributed by atoms with E-state index in [-0.39, 0.29) is 0 Å². The van der Waals surface area contributed by atoms with E-state index in [1.807, 2.05) is 4.68 Å². The first kappa shape index (κ1) is 10.4. The van der Waals surface area contributed by atoms with Gasteiger partial charge < -0.3 is 5.73 Å². The van der Waals surface area contributed by atoms with Crippen LogP contribution in [0.5, 0.6) is 0 Å². The lowest BCUT2D eigenvalue weighted by Crippen LogP contribution is -2.07. The molecule has 0 radical (unpaired) electrons. The number of benzene rings is 1. The summed E-state index contributed by atoms with van der Waals surface area (Å²) in [6.45, 7) is 2.87. The highest BCUT2D eigenvalue weighted by atomic mass is 15.3. The van der Waals surface area contributed by atoms with E-state index in [0.29, 0.717) is 0 Å². The summed E-state index contributed by atoms with van der Waals surface area (Å²) in [5.41, 5.74) is 11.1. The van der Waals surface area contributed by atoms with Crippen molar-refractivity contribution in [1.82, 2.24) is 9.78 Å². The zero-order valence-electron chi connectivity index (χ0n) is 10.1. The Labute approximate surface area is 101 Å². The van der Waals surface area contributed by atoms with Crippen LogP contribution in [0.3, 0.4) is 0 Å². The first-order chi connectivity index (χ1) is 8.24. The molecule has 17 heavy (non-hydrogen) atoms. The van der Waals surface area contributed by atoms with Crippen molar-refractivity contribution in [2.75, 3.05) is 5.73 Å². The standard InChI is InChI=1S/C14H17N3/c1-10-5-7-11(8-6-10)9-17-14(15)12-3-2-4-13(12)16-17/h5-8H,2-4,9,15H2,1H3. The van der Waals surface area contributed by atoms with Crippen LogP contribution in [0.1, 0.15) is 28.8 Å². The van der Waals surface area contributed by atoms with E-state index in [1.165, 1.54) is 28.8 Å². The van der Waals surface area contributed by atoms with Crippen LogP contribution >= 0.6 is 0 Å². The fraction of sp³-hybridized carbons (Fsp3) is 0.357. The molecule has 0 saturated heterocycles. The Balaban J connectivity index is 1.88. The van der Waals surface area contributed by atoms with Gasteiger partial charge in [0, 0.05) is 5.56 Å². The summed E-state index contributed by atoms with van der Waals surface area (Å²) < 4.78 is 1.94. The Hall–Kier alpha value is -1.77. The highest BCUT2D eigenvalue weighted by Gasteiger charge is 2.19. The number of nitrogen functional groups attached to an aromatic ring is 1. The number of hydrogen-bond acceptors (Lipinski definition) is 2. The van der Waals surface area contributed by atoms with E-state index in [0.717, 1.165) is 25.2 Å². The second-order valence-electron chi connectivity index (χ2n) is 4.81. The molecule has 88 valence electrons. The molecule has 1 aromatic carbocycles. The topological polar surface area (TPSA) is 43.8 Å². The fourth-order valence-corrected chi connectivity index (χ4v) is 2.46. The molecule has 2 aromatic rings. The van der Waals surface area contributed by atoms with Gasteiger partial charge >= 0.3 is 0 Å². The molecule has 1 aliphatic rings. The molecule has 0 atom stereocenters. The zero-order chi connectivity index (χ0) is 11.8. The van der Waals surface area contributed by atoms with Crippen LogP contribution in [0.25, 0.3) is 0 Å². The van der Waals surface area contributed by atoms with E-state index >= 15 is 0 Å². The number of nitrogens with zero attached hydrogens (tertiary/aromatic N) is 2. The molecule has 3 heteroatoms. The summed E-state index contributed by atoms with van der Waals surface area (Å²) in [6, 6.07) is 8.54. The van der Waals surface area contributed by atoms with Crippen molar-refractivity contribution < 1.29 is 0 Å². The quantitative estimate of drug-likeness (QED) is 0.855. The van der Waals surface area contributed by atoms with Crippen LogP contribution in [0.2, 0.25) is 0 Å². The molecular weight excluding hydrogens is 210 g/mol. The van der Waals surface area contributed by atoms with Gasteiger partial charge in [0.15, 0.2) is 0 Å². The van der Waals surface area contributed by atoms with E-state index in [4.69, 9.17) is 5.73 Å². The third-order valence-corrected chi connectivity index (χ3v) is 3.47. The lowest BCUT2D eigenvalue weighted by Gasteiger charge is -2.06. The van der Waals surface area contributed by atoms with Crippen molar-refractivity contribution in [1.29, 1.82) is 0 Å². The largest absolute Gasteiger partial charge is 0.384 e. The predicted molar refractivity (Wildman–Crippen MR) is 68.9 cm³/mol. The van der Waals surface area contributed by atoms with Gasteiger partial charge in [0.25, 0.3) is 0 Å². The fourth-order valence-electron chi connectivity index (χ4n) is 2.46. The van der Waals surface area contributed by atoms with Crippen LogP contribution in [0.15, 0.2) is 24.3 Å². The van der Waals surface area contributed by atoms with Gasteiger partial charge in [-0.2, -0.15) is 5.10 Å². The summed E-state index contributed by atoms with van der Waals surface area (Å²) in [7, 11) is 0. The molecule has 2 N–H and O–H groups in total. The predicted octanol–water partition coefficient (Wildman–Crippen LogP) is 2.31. The van der Waals surface area contributed by atoms with Crippen LogP contribution < -0.4 is 5.73 Å². The molecule has 3 nitrogen and oxygen atoms in total. The number of fused-ring (bicyclic) bond motifs is 1. The smallest absolute Gasteiger partial charge is 0.125 e. The minimum absolute atomic E-state index is 0.777. The van der Waals surface area contributed by atoms with Gasteiger partial charge in [0.05, 0.1) is 12.2 Å². The number of aromatic nitrogens is 2. The maximum absolute atomic E-state index is 6.13. The first-order valence-electron chi connectivity index (χ1n) is 6.13. The minimum atomic E-state index is 0.777. The molecule has 1 heterocycles. The third kappa shape index (κ3) is 1.82. The summed E-state index contributed by atoms with van der Waals surface area (Å²) in [5.74, 6) is 0.859. The SMILES string of the molecule is Cc1ccc(Cn2nc3c(c2N)CCC3)cc1. The van der Waals surface area contributed by atoms with Gasteiger partial charge in [-0.25, -0.2) is 4.68 Å². The summed E-state index contributed by atoms with van der Waals surface area (Å²) in [5, 5.41) is 4.60. The minimum Gasteiger partial charge on any atom is -0.384 e. The Morgan fingerprint density at radius 3 is 2.71 bits per heavy atom. The van der Waals surface area contributed by atoms with Crippen molar-refractivity contribution in [2.45, 2.75) is 32.7 Å². The van der Waals surface area contributed by atoms with Crippen LogP contribution in [0, 0.1) is 6.92 Å². The van der Waals surface area contributed by atoms with Crippen molar-refractivity contribution >= 4 is 5.82 Å². The molecule has 0 unspecified atom stereocenters. The summed E-state index contributed by atoms with van der Waals surface area (Å²) in [6.07, 6.45) is 3.38. The summed E-state index contributed by atoms with van der Waals surface area (Å²) in [4.78, 5) is 0. The number of rotatable bonds is 2. The Morgan fingerprint density at radius 1 is 1.24 bits per heavy atom. The van der Waals surface area contributed by atoms with Gasteiger partial charge in [-0.3, -0.25) is 0 Å². The van der Waals surface area contributed by atoms with Crippen molar-refractivity contribution in [2.24, 2.45) is 0 Å². The molecule has 0 amide bonds. The zero-order valence-corrected chi connectivity index (χ0v) is 10.1. The molecule has 0 aliphatic heterocycles. The highest BCUT2D eigenvalue weighted by Crippen LogP contribution is 2.26. The first-order valence-corrected chi connectivity index (χ1v) is 6.13. The van der Waals surface area contributed by atoms with Gasteiger partial charge in [-0.1, -0.05) is 29.8 Å². The maximum Gasteiger partial charge on any atom is 0.125 e. The van der Waals surface area contributed by atoms with Gasteiger partial charge in [-0.15, -0.1) is 0 Å². The molecule has 1 aromatic heterocycles. The number of hydrogen-bond donors (Lipinski definition) is 1. The van der Waals surface area contributed by atoms with Crippen LogP contribution in [0.4, 0.5) is 5.82 Å². The normalized spacial score (nSPS) is 13.9. The lowest BCUT2D eigenvalue weighted by atomic mass is 10.1. The van der Waals surface area contributed by atoms with Crippen LogP contribution in [-0.2, 0) is 19.4 Å². The van der Waals surface area contributed by atoms with Crippen molar-refractivity contribution in [3.63, 3.8) is 0 Å². The summed E-state index contributed by atoms with van der Waals surface area (Å²) >= 11 is 0. The van der Waals surface area contributed by atoms with Gasteiger partial charge in [0.2, 0.25) is 0 Å². The highest BCUT2D eigenvalue weighted by molar-refractivity contribution is 5.46. The number of aryl methyl sites for hydroxylation is 2. The molecule has 0 saturated carbocycles. The number of anilines is 1. The molecule has 0 fully saturated rings. The van der Waals surface area contributed by atoms with E-state index in [2.05, 4.69) is 36.3 Å². The second-order valence-corrected chi connectivity index (χ2v) is 4.81. The molecule has 3 rings (SSSR count). The average molecular weight is 227 g/mol. The molecule has 1 aliphatic carbocycles. The Bertz CT molecular complexity index is 537. The van der Waals surface area contributed by atoms with Gasteiger partial charge in [-0.05, 0) is 31.7 Å². The van der Waals surface area contributed by atoms with Crippen molar-refractivity contribution in [3.8, 4) is 0 Å². The van der Waals surface area contributed by atoms with Crippen LogP contribution in [-0.4, -0.2) is 9.78 Å². The lowest BCUT2D eigenvalue weighted by molar-refractivity contribution is 0.673. The van der Waals surface area contributed by atoms with Crippen molar-refractivity contribution in [3.05, 3.63) is 46.6 Å².